The number of rotatable bonds is 5. The molecule has 4 aromatic rings. The van der Waals surface area contributed by atoms with E-state index >= 15 is 4.39 Å². The van der Waals surface area contributed by atoms with E-state index in [0.29, 0.717) is 39.6 Å². The highest BCUT2D eigenvalue weighted by Gasteiger charge is 2.47. The third-order valence-corrected chi connectivity index (χ3v) is 9.95. The van der Waals surface area contributed by atoms with Crippen molar-refractivity contribution in [2.45, 2.75) is 56.9 Å². The molecule has 40 heavy (non-hydrogen) atoms. The van der Waals surface area contributed by atoms with E-state index in [1.165, 1.54) is 38.2 Å². The molecule has 8 rings (SSSR count). The minimum Gasteiger partial charge on any atom is -0.461 e. The molecule has 0 bridgehead atoms. The van der Waals surface area contributed by atoms with Gasteiger partial charge in [-0.1, -0.05) is 30.3 Å². The van der Waals surface area contributed by atoms with Crippen molar-refractivity contribution in [2.75, 3.05) is 37.7 Å². The summed E-state index contributed by atoms with van der Waals surface area (Å²) in [7, 11) is 0. The van der Waals surface area contributed by atoms with Crippen molar-refractivity contribution < 1.29 is 13.5 Å². The van der Waals surface area contributed by atoms with Gasteiger partial charge in [0.2, 0.25) is 0 Å². The van der Waals surface area contributed by atoms with Crippen molar-refractivity contribution in [2.24, 2.45) is 5.41 Å². The van der Waals surface area contributed by atoms with Gasteiger partial charge in [0.15, 0.2) is 5.82 Å². The Morgan fingerprint density at radius 3 is 2.45 bits per heavy atom. The molecule has 0 unspecified atom stereocenters. The molecule has 1 saturated carbocycles. The van der Waals surface area contributed by atoms with Gasteiger partial charge in [-0.3, -0.25) is 9.88 Å². The zero-order valence-corrected chi connectivity index (χ0v) is 22.6. The Kier molecular flexibility index (Phi) is 5.53. The van der Waals surface area contributed by atoms with Crippen LogP contribution in [0.2, 0.25) is 0 Å². The van der Waals surface area contributed by atoms with Crippen LogP contribution in [0.3, 0.4) is 0 Å². The number of nitrogens with zero attached hydrogens (tertiary/aromatic N) is 5. The fourth-order valence-corrected chi connectivity index (χ4v) is 7.64. The first kappa shape index (κ1) is 24.4. The van der Waals surface area contributed by atoms with E-state index in [9.17, 15) is 4.39 Å². The number of halogens is 2. The average Bonchev–Trinajstić information content (AvgIpc) is 3.39. The Morgan fingerprint density at radius 1 is 0.875 bits per heavy atom. The van der Waals surface area contributed by atoms with Gasteiger partial charge in [0.25, 0.3) is 0 Å². The van der Waals surface area contributed by atoms with E-state index < -0.39 is 11.6 Å². The molecule has 6 nitrogen and oxygen atoms in total. The summed E-state index contributed by atoms with van der Waals surface area (Å²) in [5, 5.41) is 1.63. The topological polar surface area (TPSA) is 54.4 Å². The summed E-state index contributed by atoms with van der Waals surface area (Å²) in [4.78, 5) is 18.9. The zero-order valence-electron chi connectivity index (χ0n) is 22.6. The highest BCUT2D eigenvalue weighted by Crippen LogP contribution is 2.53. The first-order chi connectivity index (χ1) is 19.5. The third-order valence-electron chi connectivity index (χ3n) is 9.95. The molecule has 2 aromatic heterocycles. The van der Waals surface area contributed by atoms with Gasteiger partial charge in [0.1, 0.15) is 29.5 Å². The Bertz CT molecular complexity index is 1620. The number of hydrogen-bond donors (Lipinski definition) is 0. The fraction of sp³-hybridized carbons (Fsp3) is 0.469. The number of piperidine rings is 1. The van der Waals surface area contributed by atoms with Crippen molar-refractivity contribution in [3.8, 4) is 17.3 Å². The Balaban J connectivity index is 1.25. The minimum absolute atomic E-state index is 0.0319. The molecule has 3 aliphatic heterocycles. The van der Waals surface area contributed by atoms with E-state index in [0.717, 1.165) is 45.4 Å². The van der Waals surface area contributed by atoms with Crippen molar-refractivity contribution in [1.82, 2.24) is 19.9 Å². The highest BCUT2D eigenvalue weighted by molar-refractivity contribution is 5.99. The maximum Gasteiger partial charge on any atom is 0.319 e. The first-order valence-electron chi connectivity index (χ1n) is 14.7. The standard InChI is InChI=1S/C32H33F2N5O/c33-24-9-2-7-21-6-1-8-22(25(21)24)27-26(34)28-23(18-35-27)29(38-15-3-10-31(19-38)13-14-31)37-30(36-28)40-20-32-11-4-16-39(32)17-5-12-32/h1-2,6-9,18H,3-5,10-17,19-20H2. The van der Waals surface area contributed by atoms with Gasteiger partial charge in [-0.05, 0) is 81.3 Å². The molecule has 206 valence electrons. The molecule has 4 aliphatic rings. The van der Waals surface area contributed by atoms with E-state index in [-0.39, 0.29) is 22.8 Å². The lowest BCUT2D eigenvalue weighted by atomic mass is 9.95. The van der Waals surface area contributed by atoms with E-state index in [1.807, 2.05) is 12.1 Å². The van der Waals surface area contributed by atoms with Gasteiger partial charge in [0, 0.05) is 30.2 Å². The summed E-state index contributed by atoms with van der Waals surface area (Å²) in [5.74, 6) is -0.275. The predicted molar refractivity (Wildman–Crippen MR) is 152 cm³/mol. The second kappa shape index (κ2) is 9.06. The SMILES string of the molecule is Fc1c(-c2cccc3cccc(F)c23)ncc2c(N3CCCC4(CC4)C3)nc(OCC34CCCN3CCC4)nc12. The second-order valence-corrected chi connectivity index (χ2v) is 12.4. The van der Waals surface area contributed by atoms with E-state index in [1.54, 1.807) is 24.4 Å². The number of fused-ring (bicyclic) bond motifs is 3. The van der Waals surface area contributed by atoms with Crippen LogP contribution in [0.4, 0.5) is 14.6 Å². The lowest BCUT2D eigenvalue weighted by molar-refractivity contribution is 0.108. The summed E-state index contributed by atoms with van der Waals surface area (Å²) in [6.07, 6.45) is 11.0. The number of anilines is 1. The van der Waals surface area contributed by atoms with Crippen molar-refractivity contribution in [1.29, 1.82) is 0 Å². The fourth-order valence-electron chi connectivity index (χ4n) is 7.64. The average molecular weight is 542 g/mol. The Labute approximate surface area is 232 Å². The summed E-state index contributed by atoms with van der Waals surface area (Å²) >= 11 is 0. The van der Waals surface area contributed by atoms with Crippen LogP contribution in [0.1, 0.15) is 51.4 Å². The molecule has 0 atom stereocenters. The predicted octanol–water partition coefficient (Wildman–Crippen LogP) is 6.51. The molecule has 3 saturated heterocycles. The lowest BCUT2D eigenvalue weighted by Gasteiger charge is -2.35. The normalized spacial score (nSPS) is 21.4. The summed E-state index contributed by atoms with van der Waals surface area (Å²) < 4.78 is 37.8. The number of aromatic nitrogens is 3. The quantitative estimate of drug-likeness (QED) is 0.287. The summed E-state index contributed by atoms with van der Waals surface area (Å²) in [5.41, 5.74) is 1.08. The van der Waals surface area contributed by atoms with Gasteiger partial charge < -0.3 is 9.64 Å². The molecule has 5 heterocycles. The van der Waals surface area contributed by atoms with Crippen LogP contribution >= 0.6 is 0 Å². The maximum atomic E-state index is 16.5. The van der Waals surface area contributed by atoms with Gasteiger partial charge >= 0.3 is 6.01 Å². The third kappa shape index (κ3) is 3.86. The van der Waals surface area contributed by atoms with Gasteiger partial charge in [-0.25, -0.2) is 8.78 Å². The molecular weight excluding hydrogens is 508 g/mol. The summed E-state index contributed by atoms with van der Waals surface area (Å²) in [6, 6.07) is 10.5. The van der Waals surface area contributed by atoms with Crippen LogP contribution in [-0.2, 0) is 0 Å². The zero-order chi connectivity index (χ0) is 26.9. The highest BCUT2D eigenvalue weighted by atomic mass is 19.1. The maximum absolute atomic E-state index is 16.5. The van der Waals surface area contributed by atoms with Crippen molar-refractivity contribution in [3.05, 3.63) is 54.2 Å². The van der Waals surface area contributed by atoms with Crippen molar-refractivity contribution >= 4 is 27.5 Å². The van der Waals surface area contributed by atoms with Gasteiger partial charge in [-0.15, -0.1) is 0 Å². The van der Waals surface area contributed by atoms with Crippen LogP contribution < -0.4 is 9.64 Å². The second-order valence-electron chi connectivity index (χ2n) is 12.4. The van der Waals surface area contributed by atoms with Crippen LogP contribution in [0.15, 0.2) is 42.6 Å². The molecule has 0 N–H and O–H groups in total. The minimum atomic E-state index is -0.568. The first-order valence-corrected chi connectivity index (χ1v) is 14.7. The molecule has 0 radical (unpaired) electrons. The molecule has 2 aromatic carbocycles. The smallest absolute Gasteiger partial charge is 0.319 e. The lowest BCUT2D eigenvalue weighted by Crippen LogP contribution is -2.43. The number of ether oxygens (including phenoxy) is 1. The van der Waals surface area contributed by atoms with Gasteiger partial charge in [-0.2, -0.15) is 9.97 Å². The van der Waals surface area contributed by atoms with Gasteiger partial charge in [0.05, 0.1) is 10.9 Å². The molecule has 0 amide bonds. The van der Waals surface area contributed by atoms with E-state index in [4.69, 9.17) is 9.72 Å². The molecule has 1 spiro atoms. The molecule has 1 aliphatic carbocycles. The Hall–Kier alpha value is -3.39. The molecule has 8 heteroatoms. The van der Waals surface area contributed by atoms with Crippen LogP contribution in [-0.4, -0.2) is 58.2 Å². The van der Waals surface area contributed by atoms with Crippen LogP contribution in [0.5, 0.6) is 6.01 Å². The Morgan fingerprint density at radius 2 is 1.65 bits per heavy atom. The monoisotopic (exact) mass is 541 g/mol. The van der Waals surface area contributed by atoms with Crippen LogP contribution in [0.25, 0.3) is 32.9 Å². The molecule has 4 fully saturated rings. The number of hydrogen-bond acceptors (Lipinski definition) is 6. The summed E-state index contributed by atoms with van der Waals surface area (Å²) in [6.45, 7) is 4.50. The van der Waals surface area contributed by atoms with Crippen molar-refractivity contribution in [3.63, 3.8) is 0 Å². The van der Waals surface area contributed by atoms with E-state index in [2.05, 4.69) is 19.8 Å². The largest absolute Gasteiger partial charge is 0.461 e. The molecular formula is C32H33F2N5O. The number of benzene rings is 2. The van der Waals surface area contributed by atoms with Crippen LogP contribution in [0, 0.1) is 17.0 Å². The number of pyridine rings is 1.